The minimum absolute atomic E-state index is 0.233. The summed E-state index contributed by atoms with van der Waals surface area (Å²) in [6.07, 6.45) is 1.67. The van der Waals surface area contributed by atoms with Crippen LogP contribution in [0.1, 0.15) is 12.5 Å². The fourth-order valence-corrected chi connectivity index (χ4v) is 1.61. The molecule has 0 aliphatic carbocycles. The highest BCUT2D eigenvalue weighted by Gasteiger charge is 2.10. The fraction of sp³-hybridized carbons (Fsp3) is 0.250. The molecule has 0 radical (unpaired) electrons. The largest absolute Gasteiger partial charge is 0.383 e. The van der Waals surface area contributed by atoms with Gasteiger partial charge in [0.2, 0.25) is 0 Å². The Morgan fingerprint density at radius 2 is 2.19 bits per heavy atom. The lowest BCUT2D eigenvalue weighted by Gasteiger charge is -2.03. The molecule has 0 unspecified atom stereocenters. The molecule has 0 aliphatic heterocycles. The molecule has 0 saturated heterocycles. The highest BCUT2D eigenvalue weighted by atomic mass is 19.1. The summed E-state index contributed by atoms with van der Waals surface area (Å²) in [6, 6.07) is 5.03. The van der Waals surface area contributed by atoms with Crippen LogP contribution >= 0.6 is 0 Å². The van der Waals surface area contributed by atoms with Gasteiger partial charge in [0.05, 0.1) is 6.33 Å². The summed E-state index contributed by atoms with van der Waals surface area (Å²) in [5.41, 5.74) is 7.89. The Bertz CT molecular complexity index is 517. The number of halogens is 1. The molecule has 0 saturated carbocycles. The Labute approximate surface area is 93.7 Å². The van der Waals surface area contributed by atoms with Gasteiger partial charge in [0, 0.05) is 12.1 Å². The van der Waals surface area contributed by atoms with E-state index in [0.29, 0.717) is 22.6 Å². The number of nitrogens with two attached hydrogens (primary N) is 1. The van der Waals surface area contributed by atoms with Gasteiger partial charge in [0.15, 0.2) is 0 Å². The van der Waals surface area contributed by atoms with E-state index >= 15 is 0 Å². The summed E-state index contributed by atoms with van der Waals surface area (Å²) >= 11 is 0. The molecule has 4 heteroatoms. The van der Waals surface area contributed by atoms with E-state index in [1.807, 2.05) is 17.6 Å². The SMILES string of the molecule is CCn1cnc(-c2ccc(C)c(F)c2)c1N. The molecule has 0 aliphatic rings. The van der Waals surface area contributed by atoms with Crippen molar-refractivity contribution in [2.75, 3.05) is 5.73 Å². The third-order valence-electron chi connectivity index (χ3n) is 2.66. The van der Waals surface area contributed by atoms with Crippen LogP contribution in [-0.2, 0) is 6.54 Å². The van der Waals surface area contributed by atoms with Crippen molar-refractivity contribution < 1.29 is 4.39 Å². The highest BCUT2D eigenvalue weighted by molar-refractivity contribution is 5.70. The first-order valence-corrected chi connectivity index (χ1v) is 5.20. The Hall–Kier alpha value is -1.84. The lowest BCUT2D eigenvalue weighted by molar-refractivity contribution is 0.619. The zero-order valence-corrected chi connectivity index (χ0v) is 9.37. The maximum absolute atomic E-state index is 13.4. The van der Waals surface area contributed by atoms with Crippen molar-refractivity contribution in [1.29, 1.82) is 0 Å². The average molecular weight is 219 g/mol. The summed E-state index contributed by atoms with van der Waals surface area (Å²) < 4.78 is 15.2. The van der Waals surface area contributed by atoms with Crippen LogP contribution in [0.5, 0.6) is 0 Å². The predicted octanol–water partition coefficient (Wildman–Crippen LogP) is 2.60. The quantitative estimate of drug-likeness (QED) is 0.843. The zero-order valence-electron chi connectivity index (χ0n) is 9.37. The lowest BCUT2D eigenvalue weighted by Crippen LogP contribution is -1.99. The first kappa shape index (κ1) is 10.7. The van der Waals surface area contributed by atoms with Gasteiger partial charge >= 0.3 is 0 Å². The maximum Gasteiger partial charge on any atom is 0.131 e. The van der Waals surface area contributed by atoms with Crippen LogP contribution in [0.25, 0.3) is 11.3 Å². The second-order valence-electron chi connectivity index (χ2n) is 3.73. The molecular formula is C12H14FN3. The molecule has 0 amide bonds. The minimum Gasteiger partial charge on any atom is -0.383 e. The van der Waals surface area contributed by atoms with Gasteiger partial charge in [-0.2, -0.15) is 0 Å². The van der Waals surface area contributed by atoms with E-state index in [1.54, 1.807) is 19.3 Å². The molecule has 1 aromatic heterocycles. The van der Waals surface area contributed by atoms with Crippen molar-refractivity contribution in [2.24, 2.45) is 0 Å². The van der Waals surface area contributed by atoms with Crippen LogP contribution in [-0.4, -0.2) is 9.55 Å². The Morgan fingerprint density at radius 1 is 1.44 bits per heavy atom. The number of hydrogen-bond donors (Lipinski definition) is 1. The van der Waals surface area contributed by atoms with Gasteiger partial charge < -0.3 is 10.3 Å². The molecule has 2 aromatic rings. The van der Waals surface area contributed by atoms with Crippen LogP contribution in [0.3, 0.4) is 0 Å². The Balaban J connectivity index is 2.50. The van der Waals surface area contributed by atoms with Crippen LogP contribution in [0.2, 0.25) is 0 Å². The number of aromatic nitrogens is 2. The standard InChI is InChI=1S/C12H14FN3/c1-3-16-7-15-11(12(16)14)9-5-4-8(2)10(13)6-9/h4-7H,3,14H2,1-2H3. The highest BCUT2D eigenvalue weighted by Crippen LogP contribution is 2.25. The van der Waals surface area contributed by atoms with E-state index in [1.165, 1.54) is 6.07 Å². The third-order valence-corrected chi connectivity index (χ3v) is 2.66. The van der Waals surface area contributed by atoms with Crippen LogP contribution in [0.4, 0.5) is 10.2 Å². The number of anilines is 1. The van der Waals surface area contributed by atoms with E-state index in [0.717, 1.165) is 6.54 Å². The summed E-state index contributed by atoms with van der Waals surface area (Å²) in [4.78, 5) is 4.20. The topological polar surface area (TPSA) is 43.8 Å². The molecule has 2 N–H and O–H groups in total. The molecule has 0 bridgehead atoms. The summed E-state index contributed by atoms with van der Waals surface area (Å²) in [7, 11) is 0. The van der Waals surface area contributed by atoms with Gasteiger partial charge in [-0.3, -0.25) is 0 Å². The smallest absolute Gasteiger partial charge is 0.131 e. The monoisotopic (exact) mass is 219 g/mol. The maximum atomic E-state index is 13.4. The molecule has 1 aromatic carbocycles. The number of hydrogen-bond acceptors (Lipinski definition) is 2. The van der Waals surface area contributed by atoms with E-state index in [9.17, 15) is 4.39 Å². The van der Waals surface area contributed by atoms with Crippen LogP contribution < -0.4 is 5.73 Å². The van der Waals surface area contributed by atoms with Gasteiger partial charge in [-0.15, -0.1) is 0 Å². The Morgan fingerprint density at radius 3 is 2.75 bits per heavy atom. The molecule has 2 rings (SSSR count). The van der Waals surface area contributed by atoms with E-state index in [-0.39, 0.29) is 5.82 Å². The van der Waals surface area contributed by atoms with Crippen molar-refractivity contribution in [3.63, 3.8) is 0 Å². The van der Waals surface area contributed by atoms with Gasteiger partial charge in [-0.1, -0.05) is 12.1 Å². The zero-order chi connectivity index (χ0) is 11.7. The number of nitrogen functional groups attached to an aromatic ring is 1. The van der Waals surface area contributed by atoms with Gasteiger partial charge in [-0.05, 0) is 25.5 Å². The fourth-order valence-electron chi connectivity index (χ4n) is 1.61. The first-order chi connectivity index (χ1) is 7.63. The van der Waals surface area contributed by atoms with Crippen LogP contribution in [0.15, 0.2) is 24.5 Å². The number of rotatable bonds is 2. The molecule has 3 nitrogen and oxygen atoms in total. The summed E-state index contributed by atoms with van der Waals surface area (Å²) in [5.74, 6) is 0.341. The third kappa shape index (κ3) is 1.66. The second kappa shape index (κ2) is 3.96. The van der Waals surface area contributed by atoms with Crippen molar-refractivity contribution in [3.05, 3.63) is 35.9 Å². The summed E-state index contributed by atoms with van der Waals surface area (Å²) in [6.45, 7) is 4.47. The van der Waals surface area contributed by atoms with Crippen LogP contribution in [0, 0.1) is 12.7 Å². The molecule has 0 fully saturated rings. The second-order valence-corrected chi connectivity index (χ2v) is 3.73. The summed E-state index contributed by atoms with van der Waals surface area (Å²) in [5, 5.41) is 0. The molecule has 84 valence electrons. The van der Waals surface area contributed by atoms with E-state index in [4.69, 9.17) is 5.73 Å². The van der Waals surface area contributed by atoms with Crippen molar-refractivity contribution in [1.82, 2.24) is 9.55 Å². The van der Waals surface area contributed by atoms with Gasteiger partial charge in [-0.25, -0.2) is 9.37 Å². The number of nitrogens with zero attached hydrogens (tertiary/aromatic N) is 2. The lowest BCUT2D eigenvalue weighted by atomic mass is 10.1. The van der Waals surface area contributed by atoms with E-state index < -0.39 is 0 Å². The minimum atomic E-state index is -0.233. The van der Waals surface area contributed by atoms with Gasteiger partial charge in [0.1, 0.15) is 17.3 Å². The van der Waals surface area contributed by atoms with E-state index in [2.05, 4.69) is 4.98 Å². The van der Waals surface area contributed by atoms with Gasteiger partial charge in [0.25, 0.3) is 0 Å². The first-order valence-electron chi connectivity index (χ1n) is 5.20. The van der Waals surface area contributed by atoms with Crippen molar-refractivity contribution in [2.45, 2.75) is 20.4 Å². The number of benzene rings is 1. The van der Waals surface area contributed by atoms with Crippen molar-refractivity contribution in [3.8, 4) is 11.3 Å². The molecule has 0 spiro atoms. The molecule has 1 heterocycles. The number of imidazole rings is 1. The predicted molar refractivity (Wildman–Crippen MR) is 62.4 cm³/mol. The average Bonchev–Trinajstić information content (AvgIpc) is 2.64. The molecular weight excluding hydrogens is 205 g/mol. The normalized spacial score (nSPS) is 10.7. The molecule has 0 atom stereocenters. The van der Waals surface area contributed by atoms with Crippen molar-refractivity contribution >= 4 is 5.82 Å². The Kier molecular flexibility index (Phi) is 2.64. The number of aryl methyl sites for hydroxylation is 2. The molecule has 16 heavy (non-hydrogen) atoms.